The van der Waals surface area contributed by atoms with E-state index in [1.54, 1.807) is 24.3 Å². The van der Waals surface area contributed by atoms with Crippen LogP contribution >= 0.6 is 11.6 Å². The van der Waals surface area contributed by atoms with Crippen molar-refractivity contribution >= 4 is 29.3 Å². The summed E-state index contributed by atoms with van der Waals surface area (Å²) in [5.41, 5.74) is 5.88. The summed E-state index contributed by atoms with van der Waals surface area (Å²) in [6, 6.07) is 15.3. The molecule has 0 aliphatic carbocycles. The van der Waals surface area contributed by atoms with Crippen LogP contribution in [0.15, 0.2) is 59.2 Å². The molecule has 1 N–H and O–H groups in total. The highest BCUT2D eigenvalue weighted by Crippen LogP contribution is 2.23. The van der Waals surface area contributed by atoms with E-state index in [0.717, 1.165) is 5.56 Å². The lowest BCUT2D eigenvalue weighted by Crippen LogP contribution is -2.16. The Hall–Kier alpha value is -2.59. The zero-order valence-electron chi connectivity index (χ0n) is 15.0. The maximum atomic E-state index is 12.1. The van der Waals surface area contributed by atoms with E-state index >= 15 is 0 Å². The minimum atomic E-state index is -0.223. The first-order valence-corrected chi connectivity index (χ1v) is 8.78. The Bertz CT molecular complexity index is 860. The lowest BCUT2D eigenvalue weighted by Gasteiger charge is -2.18. The van der Waals surface area contributed by atoms with Crippen LogP contribution in [0.25, 0.3) is 6.08 Å². The standard InChI is InChI=1S/C21H21ClN2O2/c1-21(2,3)15-6-4-14(5-7-15)12-18-19(23-24-20(18)25)13-26-17-10-8-16(22)9-11-17/h4-12H,13H2,1-3H3,(H,24,25)/b18-12+. The molecule has 0 radical (unpaired) electrons. The lowest BCUT2D eigenvalue weighted by molar-refractivity contribution is -0.116. The van der Waals surface area contributed by atoms with Crippen LogP contribution in [0.5, 0.6) is 5.75 Å². The van der Waals surface area contributed by atoms with Gasteiger partial charge in [-0.05, 0) is 46.9 Å². The first-order valence-electron chi connectivity index (χ1n) is 8.41. The van der Waals surface area contributed by atoms with Gasteiger partial charge < -0.3 is 4.74 Å². The Kier molecular flexibility index (Phi) is 5.14. The number of nitrogens with one attached hydrogen (secondary N) is 1. The zero-order chi connectivity index (χ0) is 18.7. The highest BCUT2D eigenvalue weighted by atomic mass is 35.5. The molecule has 0 aromatic heterocycles. The summed E-state index contributed by atoms with van der Waals surface area (Å²) < 4.78 is 5.70. The number of carbonyl (C=O) groups is 1. The van der Waals surface area contributed by atoms with Crippen molar-refractivity contribution in [3.8, 4) is 5.75 Å². The molecule has 4 nitrogen and oxygen atoms in total. The van der Waals surface area contributed by atoms with Gasteiger partial charge in [-0.25, -0.2) is 5.43 Å². The lowest BCUT2D eigenvalue weighted by atomic mass is 9.86. The fourth-order valence-corrected chi connectivity index (χ4v) is 2.68. The predicted molar refractivity (Wildman–Crippen MR) is 106 cm³/mol. The molecule has 0 atom stereocenters. The van der Waals surface area contributed by atoms with Crippen LogP contribution in [-0.4, -0.2) is 18.2 Å². The molecule has 5 heteroatoms. The monoisotopic (exact) mass is 368 g/mol. The molecule has 1 aliphatic heterocycles. The Morgan fingerprint density at radius 1 is 1.08 bits per heavy atom. The molecule has 3 rings (SSSR count). The number of benzene rings is 2. The molecular formula is C21H21ClN2O2. The van der Waals surface area contributed by atoms with Gasteiger partial charge in [0.15, 0.2) is 0 Å². The Labute approximate surface area is 158 Å². The first-order chi connectivity index (χ1) is 12.3. The number of rotatable bonds is 4. The quantitative estimate of drug-likeness (QED) is 0.802. The van der Waals surface area contributed by atoms with Crippen LogP contribution in [0, 0.1) is 0 Å². The second-order valence-electron chi connectivity index (χ2n) is 7.17. The van der Waals surface area contributed by atoms with E-state index in [1.807, 2.05) is 18.2 Å². The van der Waals surface area contributed by atoms with Gasteiger partial charge in [-0.2, -0.15) is 5.10 Å². The molecule has 0 saturated heterocycles. The summed E-state index contributed by atoms with van der Waals surface area (Å²) in [5, 5.41) is 4.73. The van der Waals surface area contributed by atoms with Crippen molar-refractivity contribution in [3.63, 3.8) is 0 Å². The molecule has 0 unspecified atom stereocenters. The molecule has 1 amide bonds. The maximum absolute atomic E-state index is 12.1. The Morgan fingerprint density at radius 3 is 2.35 bits per heavy atom. The molecule has 0 fully saturated rings. The van der Waals surface area contributed by atoms with Gasteiger partial charge in [-0.1, -0.05) is 56.6 Å². The highest BCUT2D eigenvalue weighted by Gasteiger charge is 2.23. The Balaban J connectivity index is 1.74. The van der Waals surface area contributed by atoms with Crippen LogP contribution in [0.4, 0.5) is 0 Å². The second-order valence-corrected chi connectivity index (χ2v) is 7.61. The number of carbonyl (C=O) groups excluding carboxylic acids is 1. The molecule has 0 bridgehead atoms. The minimum Gasteiger partial charge on any atom is -0.487 e. The van der Waals surface area contributed by atoms with Gasteiger partial charge in [-0.3, -0.25) is 4.79 Å². The second kappa shape index (κ2) is 7.34. The first kappa shape index (κ1) is 18.2. The molecule has 26 heavy (non-hydrogen) atoms. The summed E-state index contributed by atoms with van der Waals surface area (Å²) in [4.78, 5) is 12.1. The van der Waals surface area contributed by atoms with Crippen LogP contribution in [-0.2, 0) is 10.2 Å². The molecule has 2 aromatic rings. The smallest absolute Gasteiger partial charge is 0.273 e. The van der Waals surface area contributed by atoms with Gasteiger partial charge >= 0.3 is 0 Å². The Morgan fingerprint density at radius 2 is 1.73 bits per heavy atom. The van der Waals surface area contributed by atoms with Gasteiger partial charge in [0, 0.05) is 5.02 Å². The molecular weight excluding hydrogens is 348 g/mol. The van der Waals surface area contributed by atoms with Crippen molar-refractivity contribution in [3.05, 3.63) is 70.3 Å². The third kappa shape index (κ3) is 4.33. The molecule has 1 aliphatic rings. The van der Waals surface area contributed by atoms with E-state index in [4.69, 9.17) is 16.3 Å². The van der Waals surface area contributed by atoms with Crippen molar-refractivity contribution in [2.45, 2.75) is 26.2 Å². The van der Waals surface area contributed by atoms with Crippen molar-refractivity contribution in [1.82, 2.24) is 5.43 Å². The number of hydrazone groups is 1. The van der Waals surface area contributed by atoms with Crippen LogP contribution in [0.1, 0.15) is 31.9 Å². The topological polar surface area (TPSA) is 50.7 Å². The van der Waals surface area contributed by atoms with E-state index < -0.39 is 0 Å². The van der Waals surface area contributed by atoms with Crippen LogP contribution in [0.2, 0.25) is 5.02 Å². The largest absolute Gasteiger partial charge is 0.487 e. The van der Waals surface area contributed by atoms with Gasteiger partial charge in [0.2, 0.25) is 0 Å². The molecule has 1 heterocycles. The summed E-state index contributed by atoms with van der Waals surface area (Å²) in [6.45, 7) is 6.71. The third-order valence-electron chi connectivity index (χ3n) is 4.12. The maximum Gasteiger partial charge on any atom is 0.273 e. The van der Waals surface area contributed by atoms with Gasteiger partial charge in [0.25, 0.3) is 5.91 Å². The third-order valence-corrected chi connectivity index (χ3v) is 4.38. The minimum absolute atomic E-state index is 0.0927. The number of halogens is 1. The van der Waals surface area contributed by atoms with Crippen molar-refractivity contribution in [2.24, 2.45) is 5.10 Å². The summed E-state index contributed by atoms with van der Waals surface area (Å²) in [6.07, 6.45) is 1.83. The predicted octanol–water partition coefficient (Wildman–Crippen LogP) is 4.59. The number of hydrogen-bond donors (Lipinski definition) is 1. The average Bonchev–Trinajstić information content (AvgIpc) is 2.94. The highest BCUT2D eigenvalue weighted by molar-refractivity contribution is 6.30. The number of amides is 1. The van der Waals surface area contributed by atoms with E-state index in [2.05, 4.69) is 43.4 Å². The summed E-state index contributed by atoms with van der Waals surface area (Å²) >= 11 is 5.87. The average molecular weight is 369 g/mol. The molecule has 134 valence electrons. The van der Waals surface area contributed by atoms with Gasteiger partial charge in [-0.15, -0.1) is 0 Å². The number of ether oxygens (including phenoxy) is 1. The fourth-order valence-electron chi connectivity index (χ4n) is 2.56. The van der Waals surface area contributed by atoms with Crippen molar-refractivity contribution < 1.29 is 9.53 Å². The number of hydrogen-bond acceptors (Lipinski definition) is 3. The van der Waals surface area contributed by atoms with Crippen LogP contribution < -0.4 is 10.2 Å². The number of nitrogens with zero attached hydrogens (tertiary/aromatic N) is 1. The van der Waals surface area contributed by atoms with Gasteiger partial charge in [0.05, 0.1) is 5.57 Å². The fraction of sp³-hybridized carbons (Fsp3) is 0.238. The summed E-state index contributed by atoms with van der Waals surface area (Å²) in [7, 11) is 0. The van der Waals surface area contributed by atoms with Crippen molar-refractivity contribution in [2.75, 3.05) is 6.61 Å². The van der Waals surface area contributed by atoms with E-state index in [-0.39, 0.29) is 17.9 Å². The van der Waals surface area contributed by atoms with E-state index in [1.165, 1.54) is 5.56 Å². The van der Waals surface area contributed by atoms with Crippen LogP contribution in [0.3, 0.4) is 0 Å². The summed E-state index contributed by atoms with van der Waals surface area (Å²) in [5.74, 6) is 0.449. The van der Waals surface area contributed by atoms with E-state index in [9.17, 15) is 4.79 Å². The normalized spacial score (nSPS) is 15.8. The van der Waals surface area contributed by atoms with Crippen molar-refractivity contribution in [1.29, 1.82) is 0 Å². The molecule has 0 saturated carbocycles. The molecule has 2 aromatic carbocycles. The van der Waals surface area contributed by atoms with E-state index in [0.29, 0.717) is 22.1 Å². The molecule has 0 spiro atoms. The zero-order valence-corrected chi connectivity index (χ0v) is 15.8. The van der Waals surface area contributed by atoms with Gasteiger partial charge in [0.1, 0.15) is 18.1 Å². The SMILES string of the molecule is CC(C)(C)c1ccc(/C=C2/C(=O)NN=C2COc2ccc(Cl)cc2)cc1.